The molecule has 0 saturated carbocycles. The molecular formula is C7H5BrN2OS. The minimum Gasteiger partial charge on any atom is -0.308 e. The summed E-state index contributed by atoms with van der Waals surface area (Å²) in [7, 11) is 0. The first kappa shape index (κ1) is 8.07. The van der Waals surface area contributed by atoms with Crippen molar-refractivity contribution in [3.63, 3.8) is 0 Å². The Hall–Kier alpha value is -0.550. The number of hydrogen-bond donors (Lipinski definition) is 1. The first-order valence-corrected chi connectivity index (χ1v) is 5.13. The van der Waals surface area contributed by atoms with E-state index in [0.717, 1.165) is 4.90 Å². The first-order chi connectivity index (χ1) is 5.77. The highest BCUT2D eigenvalue weighted by molar-refractivity contribution is 9.11. The zero-order valence-corrected chi connectivity index (χ0v) is 8.35. The van der Waals surface area contributed by atoms with Gasteiger partial charge >= 0.3 is 0 Å². The minimum atomic E-state index is -0.200. The van der Waals surface area contributed by atoms with Crippen LogP contribution in [-0.2, 0) is 4.79 Å². The number of halogens is 1. The molecule has 1 aromatic heterocycles. The third-order valence-electron chi connectivity index (χ3n) is 1.45. The normalized spacial score (nSPS) is 21.4. The molecule has 5 heteroatoms. The van der Waals surface area contributed by atoms with E-state index in [9.17, 15) is 4.79 Å². The molecule has 0 aliphatic carbocycles. The van der Waals surface area contributed by atoms with E-state index in [0.29, 0.717) is 5.82 Å². The lowest BCUT2D eigenvalue weighted by Gasteiger charge is -2.18. The lowest BCUT2D eigenvalue weighted by atomic mass is 10.4. The molecule has 0 fully saturated rings. The van der Waals surface area contributed by atoms with E-state index < -0.39 is 0 Å². The molecule has 62 valence electrons. The van der Waals surface area contributed by atoms with Gasteiger partial charge in [-0.3, -0.25) is 4.79 Å². The largest absolute Gasteiger partial charge is 0.308 e. The standard InChI is InChI=1S/C7H5BrN2OS/c8-5-7(11)10-6-4(12-5)2-1-3-9-6/h1-3,5H,(H,9,10,11). The zero-order chi connectivity index (χ0) is 8.55. The first-order valence-electron chi connectivity index (χ1n) is 3.34. The van der Waals surface area contributed by atoms with Gasteiger partial charge in [-0.15, -0.1) is 0 Å². The molecule has 1 atom stereocenters. The summed E-state index contributed by atoms with van der Waals surface area (Å²) in [6.45, 7) is 0. The predicted octanol–water partition coefficient (Wildman–Crippen LogP) is 1.85. The number of rotatable bonds is 0. The molecule has 12 heavy (non-hydrogen) atoms. The monoisotopic (exact) mass is 244 g/mol. The van der Waals surface area contributed by atoms with E-state index in [-0.39, 0.29) is 10.1 Å². The summed E-state index contributed by atoms with van der Waals surface area (Å²) in [5.74, 6) is 0.606. The number of carbonyl (C=O) groups is 1. The molecule has 1 aliphatic heterocycles. The number of fused-ring (bicyclic) bond motifs is 1. The van der Waals surface area contributed by atoms with E-state index in [4.69, 9.17) is 0 Å². The summed E-state index contributed by atoms with van der Waals surface area (Å²) >= 11 is 4.71. The van der Waals surface area contributed by atoms with Crippen molar-refractivity contribution in [2.75, 3.05) is 5.32 Å². The lowest BCUT2D eigenvalue weighted by molar-refractivity contribution is -0.114. The average molecular weight is 245 g/mol. The number of pyridine rings is 1. The van der Waals surface area contributed by atoms with Crippen molar-refractivity contribution in [2.24, 2.45) is 0 Å². The Morgan fingerprint density at radius 2 is 2.50 bits per heavy atom. The van der Waals surface area contributed by atoms with Gasteiger partial charge in [0.1, 0.15) is 9.98 Å². The van der Waals surface area contributed by atoms with Gasteiger partial charge in [-0.25, -0.2) is 4.98 Å². The summed E-state index contributed by atoms with van der Waals surface area (Å²) < 4.78 is -0.200. The molecule has 0 spiro atoms. The molecule has 1 aliphatic rings. The maximum Gasteiger partial charge on any atom is 0.249 e. The maximum atomic E-state index is 11.1. The van der Waals surface area contributed by atoms with Crippen molar-refractivity contribution in [3.8, 4) is 0 Å². The molecule has 3 nitrogen and oxygen atoms in total. The van der Waals surface area contributed by atoms with Gasteiger partial charge in [0.15, 0.2) is 0 Å². The second kappa shape index (κ2) is 3.06. The van der Waals surface area contributed by atoms with Crippen LogP contribution in [0, 0.1) is 0 Å². The number of amides is 1. The number of aromatic nitrogens is 1. The Balaban J connectivity index is 2.40. The SMILES string of the molecule is O=C1Nc2ncccc2SC1Br. The Morgan fingerprint density at radius 1 is 1.67 bits per heavy atom. The number of thioether (sulfide) groups is 1. The number of hydrogen-bond acceptors (Lipinski definition) is 3. The van der Waals surface area contributed by atoms with E-state index in [1.165, 1.54) is 11.8 Å². The fourth-order valence-electron chi connectivity index (χ4n) is 0.918. The molecule has 0 bridgehead atoms. The van der Waals surface area contributed by atoms with Crippen molar-refractivity contribution < 1.29 is 4.79 Å². The highest BCUT2D eigenvalue weighted by Gasteiger charge is 2.24. The van der Waals surface area contributed by atoms with Crippen LogP contribution in [-0.4, -0.2) is 15.1 Å². The van der Waals surface area contributed by atoms with Crippen LogP contribution in [0.15, 0.2) is 23.2 Å². The Morgan fingerprint density at radius 3 is 3.33 bits per heavy atom. The van der Waals surface area contributed by atoms with Crippen molar-refractivity contribution >= 4 is 39.4 Å². The van der Waals surface area contributed by atoms with Gasteiger partial charge in [0, 0.05) is 6.20 Å². The summed E-state index contributed by atoms with van der Waals surface area (Å²) in [5, 5.41) is 2.69. The van der Waals surface area contributed by atoms with Gasteiger partial charge < -0.3 is 5.32 Å². The van der Waals surface area contributed by atoms with Crippen molar-refractivity contribution in [1.29, 1.82) is 0 Å². The third kappa shape index (κ3) is 1.34. The predicted molar refractivity (Wildman–Crippen MR) is 51.4 cm³/mol. The topological polar surface area (TPSA) is 42.0 Å². The van der Waals surface area contributed by atoms with Gasteiger partial charge in [-0.05, 0) is 12.1 Å². The molecule has 0 aromatic carbocycles. The molecule has 2 rings (SSSR count). The molecule has 1 N–H and O–H groups in total. The number of anilines is 1. The lowest BCUT2D eigenvalue weighted by Crippen LogP contribution is -2.24. The van der Waals surface area contributed by atoms with E-state index in [1.54, 1.807) is 6.20 Å². The Kier molecular flexibility index (Phi) is 2.06. The van der Waals surface area contributed by atoms with Crippen LogP contribution in [0.25, 0.3) is 0 Å². The van der Waals surface area contributed by atoms with Gasteiger partial charge in [0.2, 0.25) is 5.91 Å². The quantitative estimate of drug-likeness (QED) is 0.709. The molecule has 0 radical (unpaired) electrons. The average Bonchev–Trinajstić information content (AvgIpc) is 2.07. The van der Waals surface area contributed by atoms with Crippen LogP contribution in [0.5, 0.6) is 0 Å². The van der Waals surface area contributed by atoms with Crippen LogP contribution >= 0.6 is 27.7 Å². The second-order valence-corrected chi connectivity index (χ2v) is 4.94. The summed E-state index contributed by atoms with van der Waals surface area (Å²) in [6, 6.07) is 3.78. The fourth-order valence-corrected chi connectivity index (χ4v) is 2.40. The number of alkyl halides is 1. The number of nitrogens with zero attached hydrogens (tertiary/aromatic N) is 1. The van der Waals surface area contributed by atoms with Gasteiger partial charge in [0.25, 0.3) is 0 Å². The van der Waals surface area contributed by atoms with Gasteiger partial charge in [0.05, 0.1) is 4.90 Å². The van der Waals surface area contributed by atoms with E-state index in [1.807, 2.05) is 12.1 Å². The van der Waals surface area contributed by atoms with Crippen LogP contribution < -0.4 is 5.32 Å². The van der Waals surface area contributed by atoms with Crippen LogP contribution in [0.1, 0.15) is 0 Å². The smallest absolute Gasteiger partial charge is 0.249 e. The third-order valence-corrected chi connectivity index (χ3v) is 3.43. The van der Waals surface area contributed by atoms with Crippen LogP contribution in [0.3, 0.4) is 0 Å². The Bertz CT molecular complexity index is 331. The van der Waals surface area contributed by atoms with Crippen LogP contribution in [0.4, 0.5) is 5.82 Å². The summed E-state index contributed by atoms with van der Waals surface area (Å²) in [5.41, 5.74) is 0. The van der Waals surface area contributed by atoms with Gasteiger partial charge in [-0.2, -0.15) is 0 Å². The highest BCUT2D eigenvalue weighted by atomic mass is 79.9. The fraction of sp³-hybridized carbons (Fsp3) is 0.143. The molecule has 1 unspecified atom stereocenters. The van der Waals surface area contributed by atoms with Gasteiger partial charge in [-0.1, -0.05) is 27.7 Å². The molecule has 1 aromatic rings. The summed E-state index contributed by atoms with van der Waals surface area (Å²) in [4.78, 5) is 16.2. The molecular weight excluding hydrogens is 240 g/mol. The second-order valence-electron chi connectivity index (χ2n) is 2.27. The van der Waals surface area contributed by atoms with E-state index >= 15 is 0 Å². The van der Waals surface area contributed by atoms with Crippen molar-refractivity contribution in [3.05, 3.63) is 18.3 Å². The molecule has 2 heterocycles. The number of nitrogens with one attached hydrogen (secondary N) is 1. The molecule has 0 saturated heterocycles. The molecule has 1 amide bonds. The maximum absolute atomic E-state index is 11.1. The highest BCUT2D eigenvalue weighted by Crippen LogP contribution is 2.36. The van der Waals surface area contributed by atoms with Crippen molar-refractivity contribution in [1.82, 2.24) is 4.98 Å². The van der Waals surface area contributed by atoms with Crippen LogP contribution in [0.2, 0.25) is 0 Å². The number of carbonyl (C=O) groups excluding carboxylic acids is 1. The minimum absolute atomic E-state index is 0.0498. The van der Waals surface area contributed by atoms with Crippen molar-refractivity contribution in [2.45, 2.75) is 9.05 Å². The zero-order valence-electron chi connectivity index (χ0n) is 5.95. The summed E-state index contributed by atoms with van der Waals surface area (Å²) in [6.07, 6.45) is 1.66. The Labute approximate surface area is 82.1 Å². The van der Waals surface area contributed by atoms with E-state index in [2.05, 4.69) is 26.2 Å².